The van der Waals surface area contributed by atoms with Crippen molar-refractivity contribution in [2.45, 2.75) is 45.2 Å². The van der Waals surface area contributed by atoms with Gasteiger partial charge in [0.1, 0.15) is 0 Å². The maximum Gasteiger partial charge on any atom is 0.294 e. The van der Waals surface area contributed by atoms with Crippen LogP contribution in [0, 0.1) is 0 Å². The molecule has 3 nitrogen and oxygen atoms in total. The van der Waals surface area contributed by atoms with Crippen LogP contribution in [0.3, 0.4) is 0 Å². The summed E-state index contributed by atoms with van der Waals surface area (Å²) in [5.74, 6) is -0.249. The van der Waals surface area contributed by atoms with Crippen LogP contribution in [0.1, 0.15) is 34.1 Å². The molecule has 1 N–H and O–H groups in total. The van der Waals surface area contributed by atoms with E-state index in [4.69, 9.17) is 9.53 Å². The molecule has 0 aromatic heterocycles. The van der Waals surface area contributed by atoms with Gasteiger partial charge in [-0.05, 0) is 11.1 Å². The van der Waals surface area contributed by atoms with Gasteiger partial charge in [0, 0.05) is 0 Å². The molecule has 0 aliphatic rings. The highest BCUT2D eigenvalue weighted by Crippen LogP contribution is 2.21. The highest BCUT2D eigenvalue weighted by Gasteiger charge is 2.24. The molecule has 0 amide bonds. The summed E-state index contributed by atoms with van der Waals surface area (Å²) in [5.41, 5.74) is 0.922. The fourth-order valence-corrected chi connectivity index (χ4v) is 3.85. The summed E-state index contributed by atoms with van der Waals surface area (Å²) in [7, 11) is -1.43. The highest BCUT2D eigenvalue weighted by atomic mass is 28.3. The minimum absolute atomic E-state index is 0.115. The zero-order valence-electron chi connectivity index (χ0n) is 8.91. The molecule has 0 saturated carbocycles. The van der Waals surface area contributed by atoms with Crippen molar-refractivity contribution in [2.75, 3.05) is 6.61 Å². The monoisotopic (exact) mass is 204 g/mol. The van der Waals surface area contributed by atoms with E-state index in [0.717, 1.165) is 0 Å². The van der Waals surface area contributed by atoms with Crippen LogP contribution in [0.5, 0.6) is 0 Å². The lowest BCUT2D eigenvalue weighted by molar-refractivity contribution is -0.135. The van der Waals surface area contributed by atoms with E-state index >= 15 is 0 Å². The first kappa shape index (κ1) is 12.6. The zero-order valence-corrected chi connectivity index (χ0v) is 10.1. The van der Waals surface area contributed by atoms with Crippen LogP contribution in [0.25, 0.3) is 0 Å². The quantitative estimate of drug-likeness (QED) is 0.690. The van der Waals surface area contributed by atoms with Gasteiger partial charge in [0.2, 0.25) is 9.04 Å². The van der Waals surface area contributed by atoms with Crippen LogP contribution >= 0.6 is 0 Å². The number of hydrogen-bond donors (Lipinski definition) is 1. The van der Waals surface area contributed by atoms with Crippen LogP contribution in [0.2, 0.25) is 11.1 Å². The third-order valence-electron chi connectivity index (χ3n) is 1.90. The molecule has 0 atom stereocenters. The van der Waals surface area contributed by atoms with Crippen molar-refractivity contribution in [2.24, 2.45) is 0 Å². The molecule has 0 spiro atoms. The Balaban J connectivity index is 4.02. The molecular weight excluding hydrogens is 184 g/mol. The molecule has 13 heavy (non-hydrogen) atoms. The molecule has 0 radical (unpaired) electrons. The molecule has 0 saturated heterocycles. The predicted molar refractivity (Wildman–Crippen MR) is 55.1 cm³/mol. The molecule has 0 rings (SSSR count). The molecule has 0 fully saturated rings. The molecule has 0 unspecified atom stereocenters. The summed E-state index contributed by atoms with van der Waals surface area (Å²) in [5, 5.41) is 8.54. The van der Waals surface area contributed by atoms with Crippen LogP contribution in [-0.4, -0.2) is 26.7 Å². The number of aliphatic hydroxyl groups excluding tert-OH is 1. The average Bonchev–Trinajstić information content (AvgIpc) is 1.99. The average molecular weight is 204 g/mol. The first-order valence-corrected chi connectivity index (χ1v) is 6.59. The topological polar surface area (TPSA) is 46.5 Å². The normalized spacial score (nSPS) is 11.4. The molecule has 4 heteroatoms. The predicted octanol–water partition coefficient (Wildman–Crippen LogP) is 1.46. The molecule has 78 valence electrons. The van der Waals surface area contributed by atoms with Gasteiger partial charge < -0.3 is 9.53 Å². The minimum atomic E-state index is -1.43. The van der Waals surface area contributed by atoms with Crippen molar-refractivity contribution in [3.05, 3.63) is 0 Å². The molecular formula is C9H20O3Si. The second-order valence-electron chi connectivity index (χ2n) is 3.92. The van der Waals surface area contributed by atoms with Crippen LogP contribution in [0.4, 0.5) is 0 Å². The lowest BCUT2D eigenvalue weighted by atomic mass is 10.5. The molecule has 0 aliphatic heterocycles. The van der Waals surface area contributed by atoms with Gasteiger partial charge >= 0.3 is 0 Å². The Kier molecular flexibility index (Phi) is 5.99. The third kappa shape index (κ3) is 5.05. The van der Waals surface area contributed by atoms with Gasteiger partial charge in [0.25, 0.3) is 5.97 Å². The van der Waals surface area contributed by atoms with Gasteiger partial charge in [-0.3, -0.25) is 4.79 Å². The Hall–Kier alpha value is -0.353. The Morgan fingerprint density at radius 1 is 1.31 bits per heavy atom. The second-order valence-corrected chi connectivity index (χ2v) is 7.75. The lowest BCUT2D eigenvalue weighted by Gasteiger charge is -2.22. The summed E-state index contributed by atoms with van der Waals surface area (Å²) >= 11 is 0. The van der Waals surface area contributed by atoms with E-state index < -0.39 is 9.04 Å². The van der Waals surface area contributed by atoms with Gasteiger partial charge in [0.15, 0.2) is 0 Å². The molecule has 0 aromatic carbocycles. The standard InChI is InChI=1S/C9H20O3Si/c1-7(2)13(8(3)4)12-9(11)5-6-10/h7-8,10,13H,5-6H2,1-4H3. The fraction of sp³-hybridized carbons (Fsp3) is 0.889. The summed E-state index contributed by atoms with van der Waals surface area (Å²) < 4.78 is 5.35. The zero-order chi connectivity index (χ0) is 10.4. The Labute approximate surface area is 81.8 Å². The van der Waals surface area contributed by atoms with E-state index in [1.165, 1.54) is 0 Å². The van der Waals surface area contributed by atoms with Crippen LogP contribution < -0.4 is 0 Å². The largest absolute Gasteiger partial charge is 0.521 e. The van der Waals surface area contributed by atoms with E-state index in [1.807, 2.05) is 0 Å². The van der Waals surface area contributed by atoms with Gasteiger partial charge in [-0.2, -0.15) is 0 Å². The van der Waals surface area contributed by atoms with E-state index in [1.54, 1.807) is 0 Å². The maximum atomic E-state index is 11.1. The molecule has 0 bridgehead atoms. The van der Waals surface area contributed by atoms with Crippen molar-refractivity contribution in [3.8, 4) is 0 Å². The maximum absolute atomic E-state index is 11.1. The van der Waals surface area contributed by atoms with E-state index in [-0.39, 0.29) is 19.0 Å². The number of aliphatic hydroxyl groups is 1. The number of carbonyl (C=O) groups excluding carboxylic acids is 1. The SMILES string of the molecule is CC(C)[SiH](OC(=O)CCO)C(C)C. The summed E-state index contributed by atoms with van der Waals surface area (Å²) in [6.45, 7) is 8.23. The van der Waals surface area contributed by atoms with E-state index in [0.29, 0.717) is 11.1 Å². The molecule has 0 heterocycles. The third-order valence-corrected chi connectivity index (χ3v) is 5.06. The molecule has 0 aliphatic carbocycles. The molecule has 0 aromatic rings. The summed E-state index contributed by atoms with van der Waals surface area (Å²) in [6.07, 6.45) is 0.128. The Bertz CT molecular complexity index is 149. The lowest BCUT2D eigenvalue weighted by Crippen LogP contribution is -2.29. The Morgan fingerprint density at radius 3 is 2.08 bits per heavy atom. The van der Waals surface area contributed by atoms with Gasteiger partial charge in [-0.1, -0.05) is 27.7 Å². The van der Waals surface area contributed by atoms with Crippen LogP contribution in [-0.2, 0) is 9.22 Å². The van der Waals surface area contributed by atoms with Crippen molar-refractivity contribution in [1.29, 1.82) is 0 Å². The highest BCUT2D eigenvalue weighted by molar-refractivity contribution is 6.56. The van der Waals surface area contributed by atoms with Crippen molar-refractivity contribution >= 4 is 15.0 Å². The van der Waals surface area contributed by atoms with Crippen molar-refractivity contribution in [1.82, 2.24) is 0 Å². The smallest absolute Gasteiger partial charge is 0.294 e. The van der Waals surface area contributed by atoms with Crippen molar-refractivity contribution < 1.29 is 14.3 Å². The summed E-state index contributed by atoms with van der Waals surface area (Å²) in [6, 6.07) is 0. The number of rotatable bonds is 5. The first-order valence-electron chi connectivity index (χ1n) is 4.79. The Morgan fingerprint density at radius 2 is 1.77 bits per heavy atom. The van der Waals surface area contributed by atoms with Gasteiger partial charge in [-0.25, -0.2) is 0 Å². The van der Waals surface area contributed by atoms with Crippen molar-refractivity contribution in [3.63, 3.8) is 0 Å². The number of carbonyl (C=O) groups is 1. The fourth-order valence-electron chi connectivity index (χ4n) is 1.34. The first-order chi connectivity index (χ1) is 5.99. The van der Waals surface area contributed by atoms with E-state index in [9.17, 15) is 4.79 Å². The van der Waals surface area contributed by atoms with E-state index in [2.05, 4.69) is 27.7 Å². The second kappa shape index (κ2) is 6.15. The number of hydrogen-bond acceptors (Lipinski definition) is 3. The summed E-state index contributed by atoms with van der Waals surface area (Å²) in [4.78, 5) is 11.1. The van der Waals surface area contributed by atoms with Crippen LogP contribution in [0.15, 0.2) is 0 Å². The van der Waals surface area contributed by atoms with Gasteiger partial charge in [0.05, 0.1) is 13.0 Å². The minimum Gasteiger partial charge on any atom is -0.521 e. The van der Waals surface area contributed by atoms with Gasteiger partial charge in [-0.15, -0.1) is 0 Å².